The molecular weight excluding hydrogens is 286 g/mol. The van der Waals surface area contributed by atoms with Crippen molar-refractivity contribution in [3.05, 3.63) is 42.6 Å². The Balaban J connectivity index is 0. The number of benzene rings is 1. The Labute approximate surface area is 141 Å². The van der Waals surface area contributed by atoms with Gasteiger partial charge in [0.25, 0.3) is 0 Å². The molecule has 4 heteroatoms. The van der Waals surface area contributed by atoms with Crippen molar-refractivity contribution in [2.24, 2.45) is 15.4 Å². The number of hydrogen-bond donors (Lipinski definition) is 1. The molecule has 4 nitrogen and oxygen atoms in total. The highest BCUT2D eigenvalue weighted by molar-refractivity contribution is 6.08. The quantitative estimate of drug-likeness (QED) is 0.595. The molecule has 1 aromatic rings. The number of rotatable bonds is 3. The van der Waals surface area contributed by atoms with Crippen LogP contribution in [0.25, 0.3) is 0 Å². The zero-order valence-corrected chi connectivity index (χ0v) is 15.6. The second kappa shape index (κ2) is 12.3. The molecule has 1 amide bonds. The molecule has 0 bridgehead atoms. The van der Waals surface area contributed by atoms with Gasteiger partial charge in [0.1, 0.15) is 0 Å². The average molecular weight is 317 g/mol. The molecule has 1 rings (SSSR count). The molecule has 0 unspecified atom stereocenters. The van der Waals surface area contributed by atoms with E-state index in [2.05, 4.69) is 28.6 Å². The Hall–Kier alpha value is -2.23. The Morgan fingerprint density at radius 3 is 2.09 bits per heavy atom. The summed E-state index contributed by atoms with van der Waals surface area (Å²) < 4.78 is 0. The van der Waals surface area contributed by atoms with Crippen LogP contribution in [-0.4, -0.2) is 18.5 Å². The summed E-state index contributed by atoms with van der Waals surface area (Å²) in [6.07, 6.45) is 1.40. The zero-order valence-electron chi connectivity index (χ0n) is 15.6. The van der Waals surface area contributed by atoms with E-state index in [1.54, 1.807) is 0 Å². The summed E-state index contributed by atoms with van der Waals surface area (Å²) in [5, 5.41) is 2.88. The highest BCUT2D eigenvalue weighted by atomic mass is 16.2. The standard InChI is InChI=1S/C15H19N3O.2C2H6/c1-6-17-13(16-5)11-9-7-8-10-12(11)18-14(19)15(2,3)4;2*1-2/h6-10H,1,5H2,2-4H3,(H,18,19);2*1-2H3. The van der Waals surface area contributed by atoms with Gasteiger partial charge in [-0.05, 0) is 18.9 Å². The number of amides is 1. The van der Waals surface area contributed by atoms with Gasteiger partial charge in [0.2, 0.25) is 5.91 Å². The first-order chi connectivity index (χ1) is 10.9. The van der Waals surface area contributed by atoms with E-state index < -0.39 is 5.41 Å². The first-order valence-corrected chi connectivity index (χ1v) is 7.96. The lowest BCUT2D eigenvalue weighted by atomic mass is 9.95. The Bertz CT molecular complexity index is 526. The van der Waals surface area contributed by atoms with E-state index in [-0.39, 0.29) is 5.91 Å². The molecule has 0 aliphatic carbocycles. The first kappa shape index (κ1) is 23.0. The monoisotopic (exact) mass is 317 g/mol. The number of aliphatic imine (C=N–C) groups is 2. The molecule has 0 aliphatic heterocycles. The van der Waals surface area contributed by atoms with E-state index in [0.29, 0.717) is 11.5 Å². The molecule has 0 saturated heterocycles. The number of para-hydroxylation sites is 1. The first-order valence-electron chi connectivity index (χ1n) is 7.96. The molecular formula is C19H31N3O. The van der Waals surface area contributed by atoms with Crippen LogP contribution in [0.5, 0.6) is 0 Å². The molecule has 1 aromatic carbocycles. The lowest BCUT2D eigenvalue weighted by molar-refractivity contribution is -0.123. The third-order valence-corrected chi connectivity index (χ3v) is 2.46. The largest absolute Gasteiger partial charge is 0.325 e. The van der Waals surface area contributed by atoms with E-state index in [0.717, 1.165) is 5.56 Å². The maximum atomic E-state index is 12.0. The van der Waals surface area contributed by atoms with Crippen molar-refractivity contribution in [1.29, 1.82) is 0 Å². The summed E-state index contributed by atoms with van der Waals surface area (Å²) in [5.41, 5.74) is 0.912. The smallest absolute Gasteiger partial charge is 0.229 e. The molecule has 0 aromatic heterocycles. The van der Waals surface area contributed by atoms with E-state index in [1.807, 2.05) is 72.7 Å². The van der Waals surface area contributed by atoms with Gasteiger partial charge in [-0.15, -0.1) is 0 Å². The van der Waals surface area contributed by atoms with Gasteiger partial charge in [0.15, 0.2) is 5.84 Å². The molecule has 23 heavy (non-hydrogen) atoms. The van der Waals surface area contributed by atoms with Crippen molar-refractivity contribution < 1.29 is 4.79 Å². The summed E-state index contributed by atoms with van der Waals surface area (Å²) in [6.45, 7) is 20.6. The number of nitrogens with one attached hydrogen (secondary N) is 1. The predicted octanol–water partition coefficient (Wildman–Crippen LogP) is 5.31. The van der Waals surface area contributed by atoms with E-state index in [1.165, 1.54) is 6.20 Å². The Kier molecular flexibility index (Phi) is 12.4. The van der Waals surface area contributed by atoms with Crippen LogP contribution in [0.2, 0.25) is 0 Å². The Morgan fingerprint density at radius 1 is 1.13 bits per heavy atom. The zero-order chi connectivity index (χ0) is 18.5. The fourth-order valence-corrected chi connectivity index (χ4v) is 1.38. The van der Waals surface area contributed by atoms with Gasteiger partial charge in [-0.2, -0.15) is 0 Å². The van der Waals surface area contributed by atoms with Gasteiger partial charge in [-0.1, -0.05) is 67.2 Å². The van der Waals surface area contributed by atoms with Gasteiger partial charge in [0.05, 0.1) is 5.69 Å². The van der Waals surface area contributed by atoms with E-state index >= 15 is 0 Å². The van der Waals surface area contributed by atoms with Gasteiger partial charge >= 0.3 is 0 Å². The van der Waals surface area contributed by atoms with Gasteiger partial charge in [-0.25, -0.2) is 9.98 Å². The second-order valence-corrected chi connectivity index (χ2v) is 5.04. The molecule has 0 fully saturated rings. The summed E-state index contributed by atoms with van der Waals surface area (Å²) in [4.78, 5) is 19.9. The van der Waals surface area contributed by atoms with Crippen molar-refractivity contribution in [1.82, 2.24) is 0 Å². The topological polar surface area (TPSA) is 53.8 Å². The van der Waals surface area contributed by atoms with Crippen LogP contribution >= 0.6 is 0 Å². The minimum Gasteiger partial charge on any atom is -0.325 e. The van der Waals surface area contributed by atoms with Crippen molar-refractivity contribution >= 4 is 24.1 Å². The fraction of sp³-hybridized carbons (Fsp3) is 0.421. The van der Waals surface area contributed by atoms with E-state index in [9.17, 15) is 4.79 Å². The number of hydrogen-bond acceptors (Lipinski definition) is 2. The third kappa shape index (κ3) is 8.10. The molecule has 0 heterocycles. The number of carbonyl (C=O) groups is 1. The predicted molar refractivity (Wildman–Crippen MR) is 104 cm³/mol. The minimum absolute atomic E-state index is 0.0676. The second-order valence-electron chi connectivity index (χ2n) is 5.04. The van der Waals surface area contributed by atoms with Crippen molar-refractivity contribution in [2.75, 3.05) is 5.32 Å². The highest BCUT2D eigenvalue weighted by Crippen LogP contribution is 2.21. The maximum absolute atomic E-state index is 12.0. The van der Waals surface area contributed by atoms with Crippen LogP contribution in [0, 0.1) is 5.41 Å². The Morgan fingerprint density at radius 2 is 1.65 bits per heavy atom. The lowest BCUT2D eigenvalue weighted by Gasteiger charge is -2.19. The summed E-state index contributed by atoms with van der Waals surface area (Å²) >= 11 is 0. The van der Waals surface area contributed by atoms with Gasteiger partial charge in [-0.3, -0.25) is 4.79 Å². The summed E-state index contributed by atoms with van der Waals surface area (Å²) in [7, 11) is 0. The molecule has 0 radical (unpaired) electrons. The van der Waals surface area contributed by atoms with Crippen molar-refractivity contribution in [3.63, 3.8) is 0 Å². The molecule has 0 spiro atoms. The summed E-state index contributed by atoms with van der Waals surface area (Å²) in [5.74, 6) is 0.363. The normalized spacial score (nSPS) is 10.3. The molecule has 0 atom stereocenters. The van der Waals surface area contributed by atoms with Crippen LogP contribution in [0.3, 0.4) is 0 Å². The number of nitrogens with zero attached hydrogens (tertiary/aromatic N) is 2. The lowest BCUT2D eigenvalue weighted by Crippen LogP contribution is -2.28. The van der Waals surface area contributed by atoms with E-state index in [4.69, 9.17) is 0 Å². The maximum Gasteiger partial charge on any atom is 0.229 e. The minimum atomic E-state index is -0.468. The number of amidine groups is 1. The number of carbonyl (C=O) groups excluding carboxylic acids is 1. The van der Waals surface area contributed by atoms with Crippen LogP contribution in [0.15, 0.2) is 47.0 Å². The van der Waals surface area contributed by atoms with Crippen molar-refractivity contribution in [3.8, 4) is 0 Å². The van der Waals surface area contributed by atoms with Gasteiger partial charge < -0.3 is 5.32 Å². The van der Waals surface area contributed by atoms with Crippen LogP contribution in [0.4, 0.5) is 5.69 Å². The van der Waals surface area contributed by atoms with Crippen LogP contribution < -0.4 is 5.32 Å². The third-order valence-electron chi connectivity index (χ3n) is 2.46. The molecule has 1 N–H and O–H groups in total. The van der Waals surface area contributed by atoms with Crippen molar-refractivity contribution in [2.45, 2.75) is 48.5 Å². The fourth-order valence-electron chi connectivity index (χ4n) is 1.38. The van der Waals surface area contributed by atoms with Crippen LogP contribution in [0.1, 0.15) is 54.0 Å². The van der Waals surface area contributed by atoms with Crippen LogP contribution in [-0.2, 0) is 4.79 Å². The van der Waals surface area contributed by atoms with Gasteiger partial charge in [0, 0.05) is 17.2 Å². The number of anilines is 1. The SMILES string of the molecule is C=CN=C(N=C)c1ccccc1NC(=O)C(C)(C)C.CC.CC. The molecule has 0 aliphatic rings. The average Bonchev–Trinajstić information content (AvgIpc) is 2.56. The summed E-state index contributed by atoms with van der Waals surface area (Å²) in [6, 6.07) is 7.33. The molecule has 128 valence electrons. The molecule has 0 saturated carbocycles. The highest BCUT2D eigenvalue weighted by Gasteiger charge is 2.22.